The number of ether oxygens (including phenoxy) is 3. The van der Waals surface area contributed by atoms with Gasteiger partial charge in [-0.3, -0.25) is 19.2 Å². The van der Waals surface area contributed by atoms with Gasteiger partial charge in [-0.05, 0) is 55.7 Å². The zero-order valence-corrected chi connectivity index (χ0v) is 30.4. The summed E-state index contributed by atoms with van der Waals surface area (Å²) in [6.07, 6.45) is 6.33. The number of carboxylic acid groups (broad SMARTS) is 1. The molecule has 1 aromatic heterocycles. The Kier molecular flexibility index (Phi) is 15.0. The standard InChI is InChI=1S/C40H46N6O8/c1-45(18-20-53-22-24-54-23-21-52-19-15-36(47)48)40(51)31-12-8-11-30(25-31)38(49)44-35-14-13-33(46-16-6-3-7-17-46)26-34(35)39(50)43-32-27-41-37(42-28-32)29-9-4-2-5-10-29/h2,4-5,8-14,25-28H,3,6-7,15-24H2,1H3,(H,43,50)(H,44,49)(H,47,48). The van der Waals surface area contributed by atoms with Gasteiger partial charge < -0.3 is 39.8 Å². The van der Waals surface area contributed by atoms with E-state index in [-0.39, 0.29) is 36.7 Å². The second-order valence-corrected chi connectivity index (χ2v) is 12.6. The van der Waals surface area contributed by atoms with Crippen LogP contribution >= 0.6 is 0 Å². The van der Waals surface area contributed by atoms with E-state index in [1.165, 1.54) is 11.0 Å². The first-order valence-corrected chi connectivity index (χ1v) is 18.0. The van der Waals surface area contributed by atoms with Gasteiger partial charge in [-0.1, -0.05) is 36.4 Å². The molecule has 2 heterocycles. The number of carbonyl (C=O) groups excluding carboxylic acids is 3. The van der Waals surface area contributed by atoms with Gasteiger partial charge in [0, 0.05) is 49.1 Å². The summed E-state index contributed by atoms with van der Waals surface area (Å²) in [4.78, 5) is 63.6. The van der Waals surface area contributed by atoms with Gasteiger partial charge in [-0.2, -0.15) is 0 Å². The maximum atomic E-state index is 13.8. The molecule has 0 atom stereocenters. The summed E-state index contributed by atoms with van der Waals surface area (Å²) in [5, 5.41) is 14.4. The first-order valence-electron chi connectivity index (χ1n) is 18.0. The highest BCUT2D eigenvalue weighted by molar-refractivity contribution is 6.13. The largest absolute Gasteiger partial charge is 0.481 e. The lowest BCUT2D eigenvalue weighted by Crippen LogP contribution is -2.30. The van der Waals surface area contributed by atoms with Crippen molar-refractivity contribution in [2.45, 2.75) is 25.7 Å². The molecule has 1 aliphatic rings. The molecule has 54 heavy (non-hydrogen) atoms. The van der Waals surface area contributed by atoms with Crippen molar-refractivity contribution in [2.75, 3.05) is 81.9 Å². The minimum absolute atomic E-state index is 0.0508. The number of amides is 3. The van der Waals surface area contributed by atoms with E-state index in [4.69, 9.17) is 19.3 Å². The Hall–Kier alpha value is -5.70. The zero-order chi connectivity index (χ0) is 38.1. The number of hydrogen-bond donors (Lipinski definition) is 3. The highest BCUT2D eigenvalue weighted by atomic mass is 16.5. The molecule has 1 fully saturated rings. The summed E-state index contributed by atoms with van der Waals surface area (Å²) in [5.41, 5.74) is 3.34. The number of hydrogen-bond acceptors (Lipinski definition) is 10. The second-order valence-electron chi connectivity index (χ2n) is 12.6. The molecule has 1 saturated heterocycles. The number of piperidine rings is 1. The fourth-order valence-corrected chi connectivity index (χ4v) is 5.72. The normalized spacial score (nSPS) is 12.6. The van der Waals surface area contributed by atoms with Crippen LogP contribution < -0.4 is 15.5 Å². The Bertz CT molecular complexity index is 1850. The van der Waals surface area contributed by atoms with Crippen LogP contribution in [0.1, 0.15) is 56.8 Å². The molecule has 0 bridgehead atoms. The van der Waals surface area contributed by atoms with Crippen LogP contribution in [0.2, 0.25) is 0 Å². The predicted molar refractivity (Wildman–Crippen MR) is 204 cm³/mol. The highest BCUT2D eigenvalue weighted by Gasteiger charge is 2.20. The van der Waals surface area contributed by atoms with Crippen molar-refractivity contribution < 1.29 is 38.5 Å². The Balaban J connectivity index is 1.18. The molecule has 0 spiro atoms. The molecule has 4 aromatic rings. The highest BCUT2D eigenvalue weighted by Crippen LogP contribution is 2.27. The molecule has 14 heteroatoms. The third-order valence-electron chi connectivity index (χ3n) is 8.65. The average molecular weight is 739 g/mol. The summed E-state index contributed by atoms with van der Waals surface area (Å²) < 4.78 is 16.1. The van der Waals surface area contributed by atoms with Crippen LogP contribution in [0.25, 0.3) is 11.4 Å². The summed E-state index contributed by atoms with van der Waals surface area (Å²) in [6, 6.07) is 21.4. The molecule has 0 unspecified atom stereocenters. The molecule has 3 N–H and O–H groups in total. The van der Waals surface area contributed by atoms with E-state index >= 15 is 0 Å². The lowest BCUT2D eigenvalue weighted by Gasteiger charge is -2.29. The molecule has 3 aromatic carbocycles. The molecule has 284 valence electrons. The van der Waals surface area contributed by atoms with E-state index in [0.717, 1.165) is 43.6 Å². The van der Waals surface area contributed by atoms with Crippen molar-refractivity contribution in [3.8, 4) is 11.4 Å². The van der Waals surface area contributed by atoms with Crippen molar-refractivity contribution in [2.24, 2.45) is 0 Å². The maximum absolute atomic E-state index is 13.8. The third kappa shape index (κ3) is 11.9. The molecular formula is C40H46N6O8. The number of nitrogens with one attached hydrogen (secondary N) is 2. The van der Waals surface area contributed by atoms with Gasteiger partial charge in [-0.25, -0.2) is 9.97 Å². The van der Waals surface area contributed by atoms with Gasteiger partial charge in [-0.15, -0.1) is 0 Å². The fourth-order valence-electron chi connectivity index (χ4n) is 5.72. The van der Waals surface area contributed by atoms with Gasteiger partial charge in [0.25, 0.3) is 17.7 Å². The van der Waals surface area contributed by atoms with Crippen molar-refractivity contribution in [1.82, 2.24) is 14.9 Å². The number of anilines is 3. The molecule has 14 nitrogen and oxygen atoms in total. The monoisotopic (exact) mass is 738 g/mol. The van der Waals surface area contributed by atoms with Crippen molar-refractivity contribution >= 4 is 40.8 Å². The van der Waals surface area contributed by atoms with Crippen molar-refractivity contribution in [3.05, 3.63) is 102 Å². The van der Waals surface area contributed by atoms with Crippen LogP contribution in [-0.4, -0.2) is 110 Å². The predicted octanol–water partition coefficient (Wildman–Crippen LogP) is 5.24. The van der Waals surface area contributed by atoms with Crippen LogP contribution in [0, 0.1) is 0 Å². The van der Waals surface area contributed by atoms with Crippen molar-refractivity contribution in [1.29, 1.82) is 0 Å². The molecule has 1 aliphatic heterocycles. The minimum Gasteiger partial charge on any atom is -0.481 e. The van der Waals surface area contributed by atoms with E-state index in [1.807, 2.05) is 36.4 Å². The van der Waals surface area contributed by atoms with Gasteiger partial charge in [0.2, 0.25) is 0 Å². The Morgan fingerprint density at radius 1 is 0.741 bits per heavy atom. The number of aromatic nitrogens is 2. The van der Waals surface area contributed by atoms with E-state index in [2.05, 4.69) is 25.5 Å². The fraction of sp³-hybridized carbons (Fsp3) is 0.350. The smallest absolute Gasteiger partial charge is 0.305 e. The van der Waals surface area contributed by atoms with Crippen LogP contribution in [0.3, 0.4) is 0 Å². The van der Waals surface area contributed by atoms with Crippen LogP contribution in [0.15, 0.2) is 85.2 Å². The van der Waals surface area contributed by atoms with Crippen LogP contribution in [0.4, 0.5) is 17.1 Å². The Morgan fingerprint density at radius 2 is 1.41 bits per heavy atom. The summed E-state index contributed by atoms with van der Waals surface area (Å²) in [6.45, 7) is 3.76. The van der Waals surface area contributed by atoms with E-state index in [9.17, 15) is 19.2 Å². The molecule has 0 radical (unpaired) electrons. The first kappa shape index (κ1) is 39.5. The van der Waals surface area contributed by atoms with Crippen molar-refractivity contribution in [3.63, 3.8) is 0 Å². The van der Waals surface area contributed by atoms with E-state index < -0.39 is 17.8 Å². The summed E-state index contributed by atoms with van der Waals surface area (Å²) in [7, 11) is 1.65. The minimum atomic E-state index is -0.911. The Morgan fingerprint density at radius 3 is 2.11 bits per heavy atom. The Labute approximate surface area is 314 Å². The third-order valence-corrected chi connectivity index (χ3v) is 8.65. The van der Waals surface area contributed by atoms with Crippen LogP contribution in [0.5, 0.6) is 0 Å². The number of carboxylic acids is 1. The van der Waals surface area contributed by atoms with E-state index in [1.54, 1.807) is 49.8 Å². The van der Waals surface area contributed by atoms with Gasteiger partial charge in [0.1, 0.15) is 0 Å². The lowest BCUT2D eigenvalue weighted by molar-refractivity contribution is -0.138. The van der Waals surface area contributed by atoms with Gasteiger partial charge >= 0.3 is 5.97 Å². The quantitative estimate of drug-likeness (QED) is 0.108. The average Bonchev–Trinajstić information content (AvgIpc) is 3.20. The molecule has 3 amide bonds. The molecule has 5 rings (SSSR count). The molecule has 0 aliphatic carbocycles. The lowest BCUT2D eigenvalue weighted by atomic mass is 10.1. The number of aliphatic carboxylic acids is 1. The SMILES string of the molecule is CN(CCOCCOCCOCCC(=O)O)C(=O)c1cccc(C(=O)Nc2ccc(N3CCCCC3)cc2C(=O)Nc2cnc(-c3ccccc3)nc2)c1. The second kappa shape index (κ2) is 20.5. The topological polar surface area (TPSA) is 173 Å². The van der Waals surface area contributed by atoms with Crippen LogP contribution in [-0.2, 0) is 19.0 Å². The zero-order valence-electron chi connectivity index (χ0n) is 30.4. The number of benzene rings is 3. The number of nitrogens with zero attached hydrogens (tertiary/aromatic N) is 4. The maximum Gasteiger partial charge on any atom is 0.305 e. The van der Waals surface area contributed by atoms with E-state index in [0.29, 0.717) is 55.7 Å². The summed E-state index contributed by atoms with van der Waals surface area (Å²) in [5.74, 6) is -1.56. The molecule has 0 saturated carbocycles. The molecular weight excluding hydrogens is 692 g/mol. The van der Waals surface area contributed by atoms with Gasteiger partial charge in [0.15, 0.2) is 5.82 Å². The number of rotatable bonds is 19. The summed E-state index contributed by atoms with van der Waals surface area (Å²) >= 11 is 0. The number of likely N-dealkylation sites (N-methyl/N-ethyl adjacent to an activating group) is 1. The number of carbonyl (C=O) groups is 4. The van der Waals surface area contributed by atoms with Gasteiger partial charge in [0.05, 0.1) is 75.4 Å². The first-order chi connectivity index (χ1) is 26.3.